The number of benzene rings is 2. The highest BCUT2D eigenvalue weighted by Gasteiger charge is 2.13. The first-order valence-electron chi connectivity index (χ1n) is 7.00. The van der Waals surface area contributed by atoms with Crippen LogP contribution in [0.5, 0.6) is 0 Å². The lowest BCUT2D eigenvalue weighted by Gasteiger charge is -2.13. The van der Waals surface area contributed by atoms with E-state index in [0.29, 0.717) is 0 Å². The number of hydrazine groups is 1. The van der Waals surface area contributed by atoms with Gasteiger partial charge in [0.25, 0.3) is 10.0 Å². The van der Waals surface area contributed by atoms with Gasteiger partial charge in [0.1, 0.15) is 0 Å². The highest BCUT2D eigenvalue weighted by Crippen LogP contribution is 2.13. The Kier molecular flexibility index (Phi) is 5.35. The topological polar surface area (TPSA) is 70.2 Å². The average Bonchev–Trinajstić information content (AvgIpc) is 2.44. The quantitative estimate of drug-likeness (QED) is 0.585. The molecule has 23 heavy (non-hydrogen) atoms. The standard InChI is InChI=1S/C16H19N3O2S2/c1-11-4-6-15(7-5-11)23(20,21)19-18-16(22)17-14-9-12(2)8-13(3)10-14/h4-10,19H,1-3H3,(H2,17,18,22). The van der Waals surface area contributed by atoms with E-state index in [2.05, 4.69) is 15.6 Å². The SMILES string of the molecule is Cc1ccc(S(=O)(=O)NNC(=S)Nc2cc(C)cc(C)c2)cc1. The van der Waals surface area contributed by atoms with Crippen LogP contribution in [0.2, 0.25) is 0 Å². The van der Waals surface area contributed by atoms with Gasteiger partial charge in [-0.05, 0) is 68.4 Å². The summed E-state index contributed by atoms with van der Waals surface area (Å²) in [5.41, 5.74) is 6.48. The van der Waals surface area contributed by atoms with Gasteiger partial charge in [0, 0.05) is 5.69 Å². The number of hydrogen-bond donors (Lipinski definition) is 3. The number of hydrogen-bond acceptors (Lipinski definition) is 3. The van der Waals surface area contributed by atoms with Gasteiger partial charge >= 0.3 is 0 Å². The second-order valence-electron chi connectivity index (χ2n) is 5.37. The lowest BCUT2D eigenvalue weighted by Crippen LogP contribution is -2.43. The van der Waals surface area contributed by atoms with Gasteiger partial charge in [-0.25, -0.2) is 8.42 Å². The van der Waals surface area contributed by atoms with Crippen molar-refractivity contribution in [1.82, 2.24) is 10.3 Å². The molecular weight excluding hydrogens is 330 g/mol. The molecule has 0 spiro atoms. The molecule has 0 saturated carbocycles. The van der Waals surface area contributed by atoms with Crippen molar-refractivity contribution in [2.24, 2.45) is 0 Å². The summed E-state index contributed by atoms with van der Waals surface area (Å²) in [6.45, 7) is 5.86. The second-order valence-corrected chi connectivity index (χ2v) is 7.46. The third-order valence-corrected chi connectivity index (χ3v) is 4.58. The summed E-state index contributed by atoms with van der Waals surface area (Å²) in [7, 11) is -3.67. The van der Waals surface area contributed by atoms with Gasteiger partial charge in [0.05, 0.1) is 4.90 Å². The van der Waals surface area contributed by atoms with E-state index >= 15 is 0 Å². The molecule has 0 fully saturated rings. The molecule has 2 aromatic carbocycles. The predicted molar refractivity (Wildman–Crippen MR) is 96.8 cm³/mol. The first-order chi connectivity index (χ1) is 10.8. The number of anilines is 1. The minimum Gasteiger partial charge on any atom is -0.332 e. The van der Waals surface area contributed by atoms with Crippen molar-refractivity contribution >= 4 is 33.0 Å². The maximum atomic E-state index is 12.1. The van der Waals surface area contributed by atoms with Crippen LogP contribution in [0.1, 0.15) is 16.7 Å². The van der Waals surface area contributed by atoms with Gasteiger partial charge < -0.3 is 5.32 Å². The molecule has 0 unspecified atom stereocenters. The zero-order chi connectivity index (χ0) is 17.0. The highest BCUT2D eigenvalue weighted by molar-refractivity contribution is 7.89. The normalized spacial score (nSPS) is 11.1. The molecule has 0 heterocycles. The smallest absolute Gasteiger partial charge is 0.257 e. The largest absolute Gasteiger partial charge is 0.332 e. The van der Waals surface area contributed by atoms with E-state index in [1.54, 1.807) is 24.3 Å². The Morgan fingerprint density at radius 3 is 2.04 bits per heavy atom. The predicted octanol–water partition coefficient (Wildman–Crippen LogP) is 2.79. The van der Waals surface area contributed by atoms with E-state index in [0.717, 1.165) is 22.4 Å². The molecule has 122 valence electrons. The summed E-state index contributed by atoms with van der Waals surface area (Å²) < 4.78 is 24.3. The van der Waals surface area contributed by atoms with Gasteiger partial charge in [0.15, 0.2) is 5.11 Å². The summed E-state index contributed by atoms with van der Waals surface area (Å²) >= 11 is 5.11. The Balaban J connectivity index is 1.99. The first-order valence-corrected chi connectivity index (χ1v) is 8.89. The van der Waals surface area contributed by atoms with E-state index in [-0.39, 0.29) is 10.0 Å². The van der Waals surface area contributed by atoms with Crippen molar-refractivity contribution in [2.75, 3.05) is 5.32 Å². The van der Waals surface area contributed by atoms with Crippen LogP contribution < -0.4 is 15.6 Å². The van der Waals surface area contributed by atoms with E-state index in [1.807, 2.05) is 39.0 Å². The molecular formula is C16H19N3O2S2. The van der Waals surface area contributed by atoms with Gasteiger partial charge in [-0.1, -0.05) is 23.8 Å². The molecule has 0 aliphatic heterocycles. The minimum atomic E-state index is -3.67. The second kappa shape index (κ2) is 7.08. The lowest BCUT2D eigenvalue weighted by molar-refractivity contribution is 0.578. The van der Waals surface area contributed by atoms with Gasteiger partial charge in [-0.3, -0.25) is 5.43 Å². The Morgan fingerprint density at radius 2 is 1.48 bits per heavy atom. The van der Waals surface area contributed by atoms with Crippen molar-refractivity contribution in [3.8, 4) is 0 Å². The van der Waals surface area contributed by atoms with Gasteiger partial charge in [-0.15, -0.1) is 4.83 Å². The average molecular weight is 349 g/mol. The van der Waals surface area contributed by atoms with E-state index in [9.17, 15) is 8.42 Å². The van der Waals surface area contributed by atoms with Crippen LogP contribution in [-0.2, 0) is 10.0 Å². The Labute approximate surface area is 142 Å². The third kappa shape index (κ3) is 5.02. The van der Waals surface area contributed by atoms with Crippen molar-refractivity contribution in [1.29, 1.82) is 0 Å². The summed E-state index contributed by atoms with van der Waals surface area (Å²) in [4.78, 5) is 2.43. The number of sulfonamides is 1. The molecule has 0 radical (unpaired) electrons. The Hall–Kier alpha value is -1.96. The lowest BCUT2D eigenvalue weighted by atomic mass is 10.1. The molecule has 2 rings (SSSR count). The first kappa shape index (κ1) is 17.4. The number of rotatable bonds is 4. The minimum absolute atomic E-state index is 0.171. The molecule has 0 atom stereocenters. The van der Waals surface area contributed by atoms with Crippen molar-refractivity contribution in [3.05, 3.63) is 59.2 Å². The number of thiocarbonyl (C=S) groups is 1. The van der Waals surface area contributed by atoms with Crippen molar-refractivity contribution in [2.45, 2.75) is 25.7 Å². The molecule has 0 amide bonds. The molecule has 0 aliphatic carbocycles. The molecule has 0 bridgehead atoms. The zero-order valence-electron chi connectivity index (χ0n) is 13.2. The number of nitrogens with one attached hydrogen (secondary N) is 3. The summed E-state index contributed by atoms with van der Waals surface area (Å²) in [6, 6.07) is 12.5. The molecule has 3 N–H and O–H groups in total. The fourth-order valence-corrected chi connectivity index (χ4v) is 3.18. The summed E-state index contributed by atoms with van der Waals surface area (Å²) in [5, 5.41) is 3.12. The molecule has 0 aliphatic rings. The maximum absolute atomic E-state index is 12.1. The van der Waals surface area contributed by atoms with Crippen molar-refractivity contribution in [3.63, 3.8) is 0 Å². The highest BCUT2D eigenvalue weighted by atomic mass is 32.2. The fraction of sp³-hybridized carbons (Fsp3) is 0.188. The Morgan fingerprint density at radius 1 is 0.913 bits per heavy atom. The molecule has 7 heteroatoms. The third-order valence-electron chi connectivity index (χ3n) is 3.11. The van der Waals surface area contributed by atoms with E-state index in [1.165, 1.54) is 0 Å². The number of aryl methyl sites for hydroxylation is 3. The fourth-order valence-electron chi connectivity index (χ4n) is 2.10. The van der Waals surface area contributed by atoms with Crippen LogP contribution in [-0.4, -0.2) is 13.5 Å². The van der Waals surface area contributed by atoms with Crippen LogP contribution >= 0.6 is 12.2 Å². The summed E-state index contributed by atoms with van der Waals surface area (Å²) in [5.74, 6) is 0. The molecule has 0 saturated heterocycles. The van der Waals surface area contributed by atoms with Gasteiger partial charge in [-0.2, -0.15) is 0 Å². The van der Waals surface area contributed by atoms with Crippen LogP contribution in [0.15, 0.2) is 47.4 Å². The molecule has 5 nitrogen and oxygen atoms in total. The maximum Gasteiger partial charge on any atom is 0.257 e. The molecule has 0 aromatic heterocycles. The Bertz CT molecular complexity index is 795. The van der Waals surface area contributed by atoms with Crippen LogP contribution in [0.4, 0.5) is 5.69 Å². The van der Waals surface area contributed by atoms with Crippen LogP contribution in [0, 0.1) is 20.8 Å². The van der Waals surface area contributed by atoms with E-state index in [4.69, 9.17) is 12.2 Å². The van der Waals surface area contributed by atoms with Crippen LogP contribution in [0.25, 0.3) is 0 Å². The monoisotopic (exact) mass is 349 g/mol. The van der Waals surface area contributed by atoms with E-state index < -0.39 is 10.0 Å². The zero-order valence-corrected chi connectivity index (χ0v) is 14.8. The molecule has 2 aromatic rings. The van der Waals surface area contributed by atoms with Crippen LogP contribution in [0.3, 0.4) is 0 Å². The summed E-state index contributed by atoms with van der Waals surface area (Å²) in [6.07, 6.45) is 0. The van der Waals surface area contributed by atoms with Crippen molar-refractivity contribution < 1.29 is 8.42 Å². The van der Waals surface area contributed by atoms with Gasteiger partial charge in [0.2, 0.25) is 0 Å².